The first kappa shape index (κ1) is 10.8. The van der Waals surface area contributed by atoms with Crippen LogP contribution < -0.4 is 4.74 Å². The van der Waals surface area contributed by atoms with Crippen LogP contribution in [0.2, 0.25) is 0 Å². The maximum Gasteiger partial charge on any atom is 0.124 e. The molecular weight excluding hydrogens is 242 g/mol. The second-order valence-electron chi connectivity index (χ2n) is 2.90. The topological polar surface area (TPSA) is 33.0 Å². The minimum atomic E-state index is 0.412. The number of halogens is 1. The van der Waals surface area contributed by atoms with Crippen molar-refractivity contribution in [3.63, 3.8) is 0 Å². The summed E-state index contributed by atoms with van der Waals surface area (Å²) in [6, 6.07) is 7.43. The molecule has 0 spiro atoms. The van der Waals surface area contributed by atoms with Gasteiger partial charge in [0, 0.05) is 4.48 Å². The minimum absolute atomic E-state index is 0.412. The van der Waals surface area contributed by atoms with Gasteiger partial charge < -0.3 is 4.74 Å². The van der Waals surface area contributed by atoms with Crippen molar-refractivity contribution in [1.29, 1.82) is 5.26 Å². The predicted octanol–water partition coefficient (Wildman–Crippen LogP) is 3.15. The second-order valence-corrected chi connectivity index (χ2v) is 4.02. The lowest BCUT2D eigenvalue weighted by Crippen LogP contribution is -1.98. The summed E-state index contributed by atoms with van der Waals surface area (Å²) in [6.45, 7) is 6.02. The Morgan fingerprint density at radius 1 is 1.64 bits per heavy atom. The largest absolute Gasteiger partial charge is 0.488 e. The fourth-order valence-corrected chi connectivity index (χ4v) is 1.10. The van der Waals surface area contributed by atoms with E-state index in [-0.39, 0.29) is 0 Å². The number of benzene rings is 1. The molecule has 1 aromatic carbocycles. The summed E-state index contributed by atoms with van der Waals surface area (Å²) in [4.78, 5) is 0. The van der Waals surface area contributed by atoms with Crippen LogP contribution in [0.5, 0.6) is 5.75 Å². The lowest BCUT2D eigenvalue weighted by molar-refractivity contribution is 0.358. The number of nitriles is 1. The van der Waals surface area contributed by atoms with Gasteiger partial charge in [0.25, 0.3) is 0 Å². The molecule has 0 saturated heterocycles. The molecule has 0 aromatic heterocycles. The Kier molecular flexibility index (Phi) is 3.73. The van der Waals surface area contributed by atoms with E-state index in [0.717, 1.165) is 15.8 Å². The zero-order chi connectivity index (χ0) is 10.6. The van der Waals surface area contributed by atoms with Gasteiger partial charge in [0.05, 0.1) is 11.6 Å². The maximum atomic E-state index is 8.70. The van der Waals surface area contributed by atoms with E-state index in [0.29, 0.717) is 12.2 Å². The van der Waals surface area contributed by atoms with E-state index in [2.05, 4.69) is 28.6 Å². The molecule has 0 aliphatic rings. The van der Waals surface area contributed by atoms with Gasteiger partial charge in [-0.25, -0.2) is 0 Å². The Morgan fingerprint density at radius 2 is 2.36 bits per heavy atom. The number of nitrogens with zero attached hydrogens (tertiary/aromatic N) is 1. The van der Waals surface area contributed by atoms with Crippen molar-refractivity contribution in [1.82, 2.24) is 0 Å². The Bertz CT molecular complexity index is 393. The third kappa shape index (κ3) is 2.90. The average molecular weight is 252 g/mol. The molecule has 0 saturated carbocycles. The molecule has 0 aliphatic carbocycles. The zero-order valence-electron chi connectivity index (χ0n) is 7.88. The summed E-state index contributed by atoms with van der Waals surface area (Å²) in [5.74, 6) is 0.727. The van der Waals surface area contributed by atoms with E-state index in [1.54, 1.807) is 12.1 Å². The third-order valence-electron chi connectivity index (χ3n) is 1.70. The van der Waals surface area contributed by atoms with Gasteiger partial charge in [-0.05, 0) is 24.6 Å². The molecule has 0 unspecified atom stereocenters. The zero-order valence-corrected chi connectivity index (χ0v) is 9.47. The molecule has 0 bridgehead atoms. The van der Waals surface area contributed by atoms with Crippen LogP contribution in [-0.2, 0) is 0 Å². The summed E-state index contributed by atoms with van der Waals surface area (Å²) in [7, 11) is 0. The van der Waals surface area contributed by atoms with Crippen molar-refractivity contribution in [3.05, 3.63) is 40.4 Å². The van der Waals surface area contributed by atoms with Crippen LogP contribution in [0.15, 0.2) is 29.3 Å². The molecule has 0 atom stereocenters. The molecule has 0 aliphatic heterocycles. The highest BCUT2D eigenvalue weighted by atomic mass is 79.9. The Hall–Kier alpha value is -1.27. The fourth-order valence-electron chi connectivity index (χ4n) is 0.981. The number of aryl methyl sites for hydroxylation is 1. The summed E-state index contributed by atoms with van der Waals surface area (Å²) < 4.78 is 6.22. The maximum absolute atomic E-state index is 8.70. The van der Waals surface area contributed by atoms with E-state index in [4.69, 9.17) is 10.00 Å². The van der Waals surface area contributed by atoms with E-state index in [1.807, 2.05) is 13.0 Å². The molecule has 3 heteroatoms. The molecule has 14 heavy (non-hydrogen) atoms. The first-order valence-corrected chi connectivity index (χ1v) is 4.89. The molecule has 0 amide bonds. The van der Waals surface area contributed by atoms with Gasteiger partial charge in [0.2, 0.25) is 0 Å². The molecule has 1 rings (SSSR count). The van der Waals surface area contributed by atoms with Crippen LogP contribution in [0, 0.1) is 18.3 Å². The smallest absolute Gasteiger partial charge is 0.124 e. The van der Waals surface area contributed by atoms with Crippen LogP contribution in [0.25, 0.3) is 0 Å². The van der Waals surface area contributed by atoms with Gasteiger partial charge in [0.1, 0.15) is 12.4 Å². The van der Waals surface area contributed by atoms with Crippen molar-refractivity contribution in [3.8, 4) is 11.8 Å². The third-order valence-corrected chi connectivity index (χ3v) is 1.93. The molecule has 0 heterocycles. The lowest BCUT2D eigenvalue weighted by Gasteiger charge is -2.07. The van der Waals surface area contributed by atoms with Crippen molar-refractivity contribution in [2.45, 2.75) is 6.92 Å². The molecule has 2 nitrogen and oxygen atoms in total. The van der Waals surface area contributed by atoms with Crippen LogP contribution in [0.4, 0.5) is 0 Å². The van der Waals surface area contributed by atoms with Crippen molar-refractivity contribution in [2.24, 2.45) is 0 Å². The average Bonchev–Trinajstić information content (AvgIpc) is 2.16. The number of rotatable bonds is 3. The van der Waals surface area contributed by atoms with Gasteiger partial charge in [0.15, 0.2) is 0 Å². The van der Waals surface area contributed by atoms with Crippen LogP contribution >= 0.6 is 15.9 Å². The summed E-state index contributed by atoms with van der Waals surface area (Å²) in [5, 5.41) is 8.70. The molecule has 72 valence electrons. The van der Waals surface area contributed by atoms with E-state index < -0.39 is 0 Å². The second kappa shape index (κ2) is 4.83. The highest BCUT2D eigenvalue weighted by molar-refractivity contribution is 9.11. The van der Waals surface area contributed by atoms with Crippen molar-refractivity contribution in [2.75, 3.05) is 6.61 Å². The molecule has 0 fully saturated rings. The molecule has 0 N–H and O–H groups in total. The van der Waals surface area contributed by atoms with Crippen molar-refractivity contribution >= 4 is 15.9 Å². The van der Waals surface area contributed by atoms with Crippen molar-refractivity contribution < 1.29 is 4.74 Å². The number of hydrogen-bond acceptors (Lipinski definition) is 2. The van der Waals surface area contributed by atoms with E-state index >= 15 is 0 Å². The highest BCUT2D eigenvalue weighted by Gasteiger charge is 2.01. The summed E-state index contributed by atoms with van der Waals surface area (Å²) in [6.07, 6.45) is 0. The highest BCUT2D eigenvalue weighted by Crippen LogP contribution is 2.20. The Labute approximate surface area is 91.9 Å². The monoisotopic (exact) mass is 251 g/mol. The normalized spacial score (nSPS) is 9.21. The van der Waals surface area contributed by atoms with Gasteiger partial charge in [-0.2, -0.15) is 5.26 Å². The Balaban J connectivity index is 2.85. The SMILES string of the molecule is C=C(Br)COc1cc(C#N)ccc1C. The molecular formula is C11H10BrNO. The van der Waals surface area contributed by atoms with Gasteiger partial charge in [-0.1, -0.05) is 28.6 Å². The van der Waals surface area contributed by atoms with Gasteiger partial charge >= 0.3 is 0 Å². The van der Waals surface area contributed by atoms with Gasteiger partial charge in [-0.3, -0.25) is 0 Å². The lowest BCUT2D eigenvalue weighted by atomic mass is 10.1. The predicted molar refractivity (Wildman–Crippen MR) is 59.5 cm³/mol. The standard InChI is InChI=1S/C11H10BrNO/c1-8-3-4-10(6-13)5-11(8)14-7-9(2)12/h3-5H,2,7H2,1H3. The fraction of sp³-hybridized carbons (Fsp3) is 0.182. The molecule has 0 radical (unpaired) electrons. The first-order chi connectivity index (χ1) is 6.63. The summed E-state index contributed by atoms with van der Waals surface area (Å²) >= 11 is 3.21. The van der Waals surface area contributed by atoms with Crippen LogP contribution in [0.1, 0.15) is 11.1 Å². The van der Waals surface area contributed by atoms with Gasteiger partial charge in [-0.15, -0.1) is 0 Å². The minimum Gasteiger partial charge on any atom is -0.488 e. The van der Waals surface area contributed by atoms with E-state index in [9.17, 15) is 0 Å². The first-order valence-electron chi connectivity index (χ1n) is 4.10. The molecule has 1 aromatic rings. The summed E-state index contributed by atoms with van der Waals surface area (Å²) in [5.41, 5.74) is 1.61. The van der Waals surface area contributed by atoms with Crippen LogP contribution in [-0.4, -0.2) is 6.61 Å². The quantitative estimate of drug-likeness (QED) is 0.827. The number of ether oxygens (including phenoxy) is 1. The Morgan fingerprint density at radius 3 is 2.93 bits per heavy atom. The van der Waals surface area contributed by atoms with Crippen LogP contribution in [0.3, 0.4) is 0 Å². The number of hydrogen-bond donors (Lipinski definition) is 0. The van der Waals surface area contributed by atoms with E-state index in [1.165, 1.54) is 0 Å².